The van der Waals surface area contributed by atoms with E-state index >= 15 is 0 Å². The van der Waals surface area contributed by atoms with Gasteiger partial charge in [0.1, 0.15) is 0 Å². The van der Waals surface area contributed by atoms with Gasteiger partial charge in [-0.05, 0) is 5.56 Å². The number of amides is 1. The van der Waals surface area contributed by atoms with Crippen molar-refractivity contribution in [3.63, 3.8) is 0 Å². The van der Waals surface area contributed by atoms with E-state index in [-0.39, 0.29) is 36.5 Å². The molecule has 3 N–H and O–H groups in total. The highest BCUT2D eigenvalue weighted by atomic mass is 32.2. The lowest BCUT2D eigenvalue weighted by molar-refractivity contribution is -0.122. The number of aliphatic hydroxyl groups excluding tert-OH is 1. The largest absolute Gasteiger partial charge is 0.394 e. The quantitative estimate of drug-likeness (QED) is 0.688. The van der Waals surface area contributed by atoms with Crippen molar-refractivity contribution in [1.29, 1.82) is 0 Å². The topological polar surface area (TPSA) is 95.5 Å². The minimum atomic E-state index is -3.06. The standard InChI is InChI=1S/C14H20N2O4S/c17-9-13(11-4-2-1-3-5-11)16-14(18)8-12-10-21(19,20)7-6-15-12/h1-5,12-13,15,17H,6-10H2,(H,16,18)/t12?,13-/m0/s1. The molecule has 0 aliphatic carbocycles. The molecular weight excluding hydrogens is 292 g/mol. The van der Waals surface area contributed by atoms with Crippen LogP contribution >= 0.6 is 0 Å². The lowest BCUT2D eigenvalue weighted by atomic mass is 10.1. The number of hydrogen-bond acceptors (Lipinski definition) is 5. The van der Waals surface area contributed by atoms with Crippen LogP contribution in [-0.2, 0) is 14.6 Å². The first kappa shape index (κ1) is 15.9. The van der Waals surface area contributed by atoms with E-state index in [2.05, 4.69) is 10.6 Å². The molecular formula is C14H20N2O4S. The summed E-state index contributed by atoms with van der Waals surface area (Å²) < 4.78 is 23.1. The Morgan fingerprint density at radius 2 is 2.10 bits per heavy atom. The molecule has 1 aromatic rings. The fourth-order valence-electron chi connectivity index (χ4n) is 2.40. The number of nitrogens with one attached hydrogen (secondary N) is 2. The lowest BCUT2D eigenvalue weighted by Gasteiger charge is -2.24. The van der Waals surface area contributed by atoms with E-state index in [0.29, 0.717) is 6.54 Å². The van der Waals surface area contributed by atoms with E-state index in [4.69, 9.17) is 0 Å². The Balaban J connectivity index is 1.91. The van der Waals surface area contributed by atoms with Gasteiger partial charge >= 0.3 is 0 Å². The normalized spacial score (nSPS) is 22.4. The summed E-state index contributed by atoms with van der Waals surface area (Å²) in [5.74, 6) is -0.170. The molecule has 1 heterocycles. The smallest absolute Gasteiger partial charge is 0.222 e. The molecule has 21 heavy (non-hydrogen) atoms. The summed E-state index contributed by atoms with van der Waals surface area (Å²) in [6, 6.07) is 8.34. The maximum Gasteiger partial charge on any atom is 0.222 e. The Hall–Kier alpha value is -1.44. The Morgan fingerprint density at radius 1 is 1.38 bits per heavy atom. The fraction of sp³-hybridized carbons (Fsp3) is 0.500. The maximum absolute atomic E-state index is 12.0. The van der Waals surface area contributed by atoms with Crippen molar-refractivity contribution in [1.82, 2.24) is 10.6 Å². The zero-order chi connectivity index (χ0) is 15.3. The number of aliphatic hydroxyl groups is 1. The molecule has 6 nitrogen and oxygen atoms in total. The Labute approximate surface area is 124 Å². The van der Waals surface area contributed by atoms with Crippen molar-refractivity contribution >= 4 is 15.7 Å². The third kappa shape index (κ3) is 4.80. The van der Waals surface area contributed by atoms with Gasteiger partial charge in [-0.1, -0.05) is 30.3 Å². The fourth-order valence-corrected chi connectivity index (χ4v) is 3.84. The van der Waals surface area contributed by atoms with Gasteiger partial charge in [0.15, 0.2) is 9.84 Å². The van der Waals surface area contributed by atoms with Gasteiger partial charge in [-0.3, -0.25) is 4.79 Å². The maximum atomic E-state index is 12.0. The molecule has 2 atom stereocenters. The number of benzene rings is 1. The van der Waals surface area contributed by atoms with Crippen LogP contribution in [0, 0.1) is 0 Å². The molecule has 1 aliphatic heterocycles. The van der Waals surface area contributed by atoms with E-state index < -0.39 is 15.9 Å². The Kier molecular flexibility index (Phi) is 5.33. The first-order valence-corrected chi connectivity index (χ1v) is 8.71. The average molecular weight is 312 g/mol. The van der Waals surface area contributed by atoms with Gasteiger partial charge in [0, 0.05) is 19.0 Å². The molecule has 1 unspecified atom stereocenters. The number of rotatable bonds is 5. The van der Waals surface area contributed by atoms with Crippen LogP contribution in [0.2, 0.25) is 0 Å². The second-order valence-electron chi connectivity index (χ2n) is 5.18. The number of hydrogen-bond donors (Lipinski definition) is 3. The van der Waals surface area contributed by atoms with E-state index in [1.807, 2.05) is 30.3 Å². The van der Waals surface area contributed by atoms with Gasteiger partial charge in [-0.2, -0.15) is 0 Å². The van der Waals surface area contributed by atoms with E-state index in [9.17, 15) is 18.3 Å². The summed E-state index contributed by atoms with van der Waals surface area (Å²) in [5.41, 5.74) is 0.817. The summed E-state index contributed by atoms with van der Waals surface area (Å²) in [6.45, 7) is 0.175. The SMILES string of the molecule is O=C(CC1CS(=O)(=O)CCN1)N[C@@H](CO)c1ccccc1. The van der Waals surface area contributed by atoms with Crippen LogP contribution in [-0.4, -0.2) is 50.1 Å². The minimum absolute atomic E-state index is 0.0183. The van der Waals surface area contributed by atoms with Crippen LogP contribution in [0.25, 0.3) is 0 Å². The summed E-state index contributed by atoms with van der Waals surface area (Å²) in [4.78, 5) is 12.0. The first-order valence-electron chi connectivity index (χ1n) is 6.89. The summed E-state index contributed by atoms with van der Waals surface area (Å²) in [7, 11) is -3.06. The minimum Gasteiger partial charge on any atom is -0.394 e. The number of sulfone groups is 1. The number of carbonyl (C=O) groups excluding carboxylic acids is 1. The highest BCUT2D eigenvalue weighted by Gasteiger charge is 2.26. The number of carbonyl (C=O) groups is 1. The van der Waals surface area contributed by atoms with Crippen molar-refractivity contribution in [2.45, 2.75) is 18.5 Å². The van der Waals surface area contributed by atoms with E-state index in [0.717, 1.165) is 5.56 Å². The van der Waals surface area contributed by atoms with Gasteiger partial charge in [0.05, 0.1) is 24.2 Å². The molecule has 0 spiro atoms. The molecule has 1 amide bonds. The Morgan fingerprint density at radius 3 is 2.71 bits per heavy atom. The average Bonchev–Trinajstić information content (AvgIpc) is 2.44. The molecule has 0 saturated carbocycles. The zero-order valence-corrected chi connectivity index (χ0v) is 12.5. The molecule has 116 valence electrons. The molecule has 0 bridgehead atoms. The summed E-state index contributed by atoms with van der Waals surface area (Å²) in [5, 5.41) is 15.2. The zero-order valence-electron chi connectivity index (χ0n) is 11.7. The predicted molar refractivity (Wildman–Crippen MR) is 79.5 cm³/mol. The van der Waals surface area contributed by atoms with Gasteiger partial charge in [0.25, 0.3) is 0 Å². The van der Waals surface area contributed by atoms with Gasteiger partial charge in [-0.15, -0.1) is 0 Å². The van der Waals surface area contributed by atoms with Crippen molar-refractivity contribution in [3.05, 3.63) is 35.9 Å². The van der Waals surface area contributed by atoms with Crippen LogP contribution < -0.4 is 10.6 Å². The summed E-state index contributed by atoms with van der Waals surface area (Å²) >= 11 is 0. The monoisotopic (exact) mass is 312 g/mol. The molecule has 0 aromatic heterocycles. The molecule has 2 rings (SSSR count). The van der Waals surface area contributed by atoms with Crippen molar-refractivity contribution in [3.8, 4) is 0 Å². The summed E-state index contributed by atoms with van der Waals surface area (Å²) in [6.07, 6.45) is 0.0859. The van der Waals surface area contributed by atoms with E-state index in [1.54, 1.807) is 0 Å². The van der Waals surface area contributed by atoms with Crippen LogP contribution in [0.3, 0.4) is 0 Å². The van der Waals surface area contributed by atoms with Gasteiger partial charge < -0.3 is 15.7 Å². The van der Waals surface area contributed by atoms with Crippen LogP contribution in [0.4, 0.5) is 0 Å². The van der Waals surface area contributed by atoms with E-state index in [1.165, 1.54) is 0 Å². The third-order valence-corrected chi connectivity index (χ3v) is 5.19. The van der Waals surface area contributed by atoms with Crippen molar-refractivity contribution < 1.29 is 18.3 Å². The molecule has 0 radical (unpaired) electrons. The predicted octanol–water partition coefficient (Wildman–Crippen LogP) is -0.387. The molecule has 7 heteroatoms. The highest BCUT2D eigenvalue weighted by molar-refractivity contribution is 7.91. The molecule has 1 saturated heterocycles. The Bertz CT molecular complexity index is 574. The second-order valence-corrected chi connectivity index (χ2v) is 7.41. The second kappa shape index (κ2) is 7.02. The van der Waals surface area contributed by atoms with Gasteiger partial charge in [-0.25, -0.2) is 8.42 Å². The first-order chi connectivity index (χ1) is 10.00. The van der Waals surface area contributed by atoms with Crippen LogP contribution in [0.1, 0.15) is 18.0 Å². The molecule has 1 aromatic carbocycles. The third-order valence-electron chi connectivity index (χ3n) is 3.45. The molecule has 1 aliphatic rings. The van der Waals surface area contributed by atoms with Crippen molar-refractivity contribution in [2.24, 2.45) is 0 Å². The highest BCUT2D eigenvalue weighted by Crippen LogP contribution is 2.12. The lowest BCUT2D eigenvalue weighted by Crippen LogP contribution is -2.47. The van der Waals surface area contributed by atoms with Gasteiger partial charge in [0.2, 0.25) is 5.91 Å². The van der Waals surface area contributed by atoms with Crippen molar-refractivity contribution in [2.75, 3.05) is 24.7 Å². The van der Waals surface area contributed by atoms with Crippen LogP contribution in [0.5, 0.6) is 0 Å². The molecule has 1 fully saturated rings. The van der Waals surface area contributed by atoms with Crippen LogP contribution in [0.15, 0.2) is 30.3 Å².